The van der Waals surface area contributed by atoms with Gasteiger partial charge in [0.2, 0.25) is 0 Å². The van der Waals surface area contributed by atoms with Gasteiger partial charge in [-0.15, -0.1) is 21.5 Å². The van der Waals surface area contributed by atoms with Gasteiger partial charge in [0.25, 0.3) is 5.56 Å². The van der Waals surface area contributed by atoms with Crippen molar-refractivity contribution < 1.29 is 0 Å². The van der Waals surface area contributed by atoms with E-state index in [2.05, 4.69) is 22.1 Å². The molecule has 0 amide bonds. The van der Waals surface area contributed by atoms with Gasteiger partial charge in [0, 0.05) is 29.1 Å². The summed E-state index contributed by atoms with van der Waals surface area (Å²) in [6, 6.07) is 1.59. The molecule has 0 saturated heterocycles. The summed E-state index contributed by atoms with van der Waals surface area (Å²) in [5.41, 5.74) is 0.753. The second-order valence-corrected chi connectivity index (χ2v) is 8.88. The Labute approximate surface area is 144 Å². The van der Waals surface area contributed by atoms with Crippen LogP contribution in [0, 0.1) is 0 Å². The van der Waals surface area contributed by atoms with E-state index >= 15 is 0 Å². The number of rotatable bonds is 7. The molecule has 3 aromatic heterocycles. The summed E-state index contributed by atoms with van der Waals surface area (Å²) in [4.78, 5) is 17.1. The molecule has 3 rings (SSSR count). The van der Waals surface area contributed by atoms with E-state index < -0.39 is 0 Å². The van der Waals surface area contributed by atoms with Crippen molar-refractivity contribution in [1.29, 1.82) is 0 Å². The number of hydrogen-bond donors (Lipinski definition) is 0. The minimum absolute atomic E-state index is 0.0325. The lowest BCUT2D eigenvalue weighted by atomic mass is 10.4. The van der Waals surface area contributed by atoms with Gasteiger partial charge in [0.05, 0.1) is 5.69 Å². The van der Waals surface area contributed by atoms with E-state index in [1.807, 2.05) is 5.38 Å². The molecule has 116 valence electrons. The van der Waals surface area contributed by atoms with Gasteiger partial charge in [-0.2, -0.15) is 0 Å². The molecule has 0 spiro atoms. The zero-order chi connectivity index (χ0) is 15.4. The third-order valence-electron chi connectivity index (χ3n) is 2.81. The molecule has 0 saturated carbocycles. The fourth-order valence-electron chi connectivity index (χ4n) is 1.72. The maximum absolute atomic E-state index is 11.9. The first-order chi connectivity index (χ1) is 10.8. The highest BCUT2D eigenvalue weighted by Crippen LogP contribution is 2.30. The lowest BCUT2D eigenvalue weighted by Crippen LogP contribution is -2.12. The van der Waals surface area contributed by atoms with Crippen molar-refractivity contribution in [3.8, 4) is 0 Å². The van der Waals surface area contributed by atoms with Gasteiger partial charge in [0.1, 0.15) is 0 Å². The molecule has 3 aromatic rings. The van der Waals surface area contributed by atoms with E-state index in [4.69, 9.17) is 0 Å². The summed E-state index contributed by atoms with van der Waals surface area (Å²) in [5.74, 6) is 1.72. The van der Waals surface area contributed by atoms with Crippen LogP contribution >= 0.6 is 46.2 Å². The largest absolute Gasteiger partial charge is 0.269 e. The van der Waals surface area contributed by atoms with Crippen LogP contribution < -0.4 is 5.56 Å². The van der Waals surface area contributed by atoms with Gasteiger partial charge in [-0.1, -0.05) is 48.2 Å². The summed E-state index contributed by atoms with van der Waals surface area (Å²) in [5, 5.41) is 10.2. The van der Waals surface area contributed by atoms with Crippen LogP contribution in [0.1, 0.15) is 25.5 Å². The fourth-order valence-corrected chi connectivity index (χ4v) is 5.52. The quantitative estimate of drug-likeness (QED) is 0.466. The first-order valence-corrected chi connectivity index (χ1v) is 10.5. The molecule has 0 aromatic carbocycles. The second-order valence-electron chi connectivity index (χ2n) is 4.47. The van der Waals surface area contributed by atoms with Crippen LogP contribution in [0.5, 0.6) is 0 Å². The third kappa shape index (κ3) is 3.89. The number of hydrogen-bond acceptors (Lipinski definition) is 8. The van der Waals surface area contributed by atoms with Gasteiger partial charge in [0.15, 0.2) is 13.6 Å². The summed E-state index contributed by atoms with van der Waals surface area (Å²) in [6.45, 7) is 2.18. The maximum Gasteiger partial charge on any atom is 0.258 e. The molecule has 0 N–H and O–H groups in total. The van der Waals surface area contributed by atoms with Gasteiger partial charge >= 0.3 is 0 Å². The molecule has 5 nitrogen and oxygen atoms in total. The van der Waals surface area contributed by atoms with E-state index in [1.165, 1.54) is 24.2 Å². The molecule has 0 bridgehead atoms. The second kappa shape index (κ2) is 7.58. The van der Waals surface area contributed by atoms with Crippen LogP contribution in [0.4, 0.5) is 0 Å². The molecular weight excluding hydrogens is 356 g/mol. The SMILES string of the molecule is CCCCSc1nnc(SCc2cc(=O)n3ccsc3n2)s1. The Kier molecular flexibility index (Phi) is 5.51. The molecular formula is C13H14N4OS4. The van der Waals surface area contributed by atoms with Gasteiger partial charge in [-0.25, -0.2) is 4.98 Å². The predicted molar refractivity (Wildman–Crippen MR) is 94.4 cm³/mol. The normalized spacial score (nSPS) is 11.3. The number of fused-ring (bicyclic) bond motifs is 1. The first kappa shape index (κ1) is 16.0. The van der Waals surface area contributed by atoms with Crippen molar-refractivity contribution in [2.45, 2.75) is 34.2 Å². The number of aromatic nitrogens is 4. The molecule has 3 heterocycles. The standard InChI is InChI=1S/C13H14N4OS4/c1-2-3-5-20-12-15-16-13(22-12)21-8-9-7-10(18)17-4-6-19-11(17)14-9/h4,6-7H,2-3,5,8H2,1H3. The Bertz CT molecular complexity index is 810. The summed E-state index contributed by atoms with van der Waals surface area (Å²) in [6.07, 6.45) is 4.14. The molecule has 0 radical (unpaired) electrons. The van der Waals surface area contributed by atoms with Crippen LogP contribution in [-0.4, -0.2) is 25.3 Å². The highest BCUT2D eigenvalue weighted by molar-refractivity contribution is 8.02. The molecule has 0 atom stereocenters. The van der Waals surface area contributed by atoms with E-state index in [9.17, 15) is 4.79 Å². The van der Waals surface area contributed by atoms with Gasteiger partial charge < -0.3 is 0 Å². The van der Waals surface area contributed by atoms with Crippen molar-refractivity contribution in [2.24, 2.45) is 0 Å². The van der Waals surface area contributed by atoms with E-state index in [1.54, 1.807) is 51.5 Å². The average molecular weight is 371 g/mol. The first-order valence-electron chi connectivity index (χ1n) is 6.81. The smallest absolute Gasteiger partial charge is 0.258 e. The van der Waals surface area contributed by atoms with Crippen molar-refractivity contribution in [3.05, 3.63) is 33.7 Å². The number of unbranched alkanes of at least 4 members (excludes halogenated alkanes) is 1. The highest BCUT2D eigenvalue weighted by Gasteiger charge is 2.08. The fraction of sp³-hybridized carbons (Fsp3) is 0.385. The van der Waals surface area contributed by atoms with Crippen LogP contribution in [0.3, 0.4) is 0 Å². The van der Waals surface area contributed by atoms with E-state index in [0.717, 1.165) is 25.1 Å². The third-order valence-corrected chi connectivity index (χ3v) is 6.88. The zero-order valence-corrected chi connectivity index (χ0v) is 15.2. The highest BCUT2D eigenvalue weighted by atomic mass is 32.2. The van der Waals surface area contributed by atoms with Crippen molar-refractivity contribution >= 4 is 51.2 Å². The minimum atomic E-state index is -0.0325. The topological polar surface area (TPSA) is 60.2 Å². The average Bonchev–Trinajstić information content (AvgIpc) is 3.14. The van der Waals surface area contributed by atoms with Crippen molar-refractivity contribution in [2.75, 3.05) is 5.75 Å². The number of nitrogens with zero attached hydrogens (tertiary/aromatic N) is 4. The van der Waals surface area contributed by atoms with Gasteiger partial charge in [-0.3, -0.25) is 9.20 Å². The van der Waals surface area contributed by atoms with Crippen molar-refractivity contribution in [3.63, 3.8) is 0 Å². The summed E-state index contributed by atoms with van der Waals surface area (Å²) < 4.78 is 3.50. The van der Waals surface area contributed by atoms with Crippen molar-refractivity contribution in [1.82, 2.24) is 19.6 Å². The van der Waals surface area contributed by atoms with E-state index in [-0.39, 0.29) is 5.56 Å². The summed E-state index contributed by atoms with van der Waals surface area (Å²) in [7, 11) is 0. The van der Waals surface area contributed by atoms with Crippen LogP contribution in [0.25, 0.3) is 4.96 Å². The number of thioether (sulfide) groups is 2. The minimum Gasteiger partial charge on any atom is -0.269 e. The Morgan fingerprint density at radius 1 is 1.27 bits per heavy atom. The molecule has 0 aliphatic carbocycles. The van der Waals surface area contributed by atoms with Crippen LogP contribution in [0.15, 0.2) is 31.1 Å². The summed E-state index contributed by atoms with van der Waals surface area (Å²) >= 11 is 6.41. The Balaban J connectivity index is 1.62. The Morgan fingerprint density at radius 2 is 2.09 bits per heavy atom. The lowest BCUT2D eigenvalue weighted by molar-refractivity contribution is 0.892. The molecule has 9 heteroatoms. The Morgan fingerprint density at radius 3 is 2.91 bits per heavy atom. The predicted octanol–water partition coefficient (Wildman–Crippen LogP) is 3.79. The molecule has 0 unspecified atom stereocenters. The lowest BCUT2D eigenvalue weighted by Gasteiger charge is -1.98. The zero-order valence-electron chi connectivity index (χ0n) is 11.9. The van der Waals surface area contributed by atoms with Crippen LogP contribution in [-0.2, 0) is 5.75 Å². The number of thiazole rings is 1. The Hall–Kier alpha value is -0.900. The van der Waals surface area contributed by atoms with E-state index in [0.29, 0.717) is 5.75 Å². The molecule has 0 fully saturated rings. The maximum atomic E-state index is 11.9. The molecule has 0 aliphatic heterocycles. The molecule has 22 heavy (non-hydrogen) atoms. The monoisotopic (exact) mass is 370 g/mol. The van der Waals surface area contributed by atoms with Crippen LogP contribution in [0.2, 0.25) is 0 Å². The molecule has 0 aliphatic rings. The van der Waals surface area contributed by atoms with Gasteiger partial charge in [-0.05, 0) is 6.42 Å².